The van der Waals surface area contributed by atoms with Gasteiger partial charge in [-0.05, 0) is 18.6 Å². The van der Waals surface area contributed by atoms with Crippen LogP contribution in [0.3, 0.4) is 0 Å². The third kappa shape index (κ3) is 1.70. The highest BCUT2D eigenvalue weighted by Gasteiger charge is 1.94. The van der Waals surface area contributed by atoms with Crippen molar-refractivity contribution >= 4 is 21.7 Å². The Balaban J connectivity index is 3.06. The second-order valence-corrected chi connectivity index (χ2v) is 2.97. The fourth-order valence-electron chi connectivity index (χ4n) is 0.754. The van der Waals surface area contributed by atoms with Crippen molar-refractivity contribution < 1.29 is 0 Å². The number of nitrogen functional groups attached to an aromatic ring is 1. The minimum Gasteiger partial charge on any atom is -0.384 e. The van der Waals surface area contributed by atoms with Gasteiger partial charge in [0.1, 0.15) is 5.82 Å². The van der Waals surface area contributed by atoms with E-state index in [-0.39, 0.29) is 0 Å². The average Bonchev–Trinajstić information content (AvgIpc) is 1.85. The number of rotatable bonds is 1. The number of nitrogens with zero attached hydrogens (tertiary/aromatic N) is 1. The molecule has 0 bridgehead atoms. The third-order valence-corrected chi connectivity index (χ3v) is 1.68. The highest BCUT2D eigenvalue weighted by atomic mass is 79.9. The largest absolute Gasteiger partial charge is 0.384 e. The molecular weight excluding hydrogens is 192 g/mol. The molecule has 54 valence electrons. The fraction of sp³-hybridized carbons (Fsp3) is 0.286. The maximum Gasteiger partial charge on any atom is 0.124 e. The fourth-order valence-corrected chi connectivity index (χ4v) is 1.25. The molecule has 0 saturated carbocycles. The van der Waals surface area contributed by atoms with E-state index < -0.39 is 0 Å². The molecule has 0 aliphatic rings. The van der Waals surface area contributed by atoms with Gasteiger partial charge in [0.25, 0.3) is 0 Å². The van der Waals surface area contributed by atoms with E-state index in [2.05, 4.69) is 20.9 Å². The second kappa shape index (κ2) is 3.01. The van der Waals surface area contributed by atoms with Crippen LogP contribution >= 0.6 is 15.9 Å². The zero-order valence-electron chi connectivity index (χ0n) is 5.76. The maximum absolute atomic E-state index is 5.49. The molecule has 0 amide bonds. The Morgan fingerprint density at radius 3 is 2.80 bits per heavy atom. The van der Waals surface area contributed by atoms with E-state index in [1.165, 1.54) is 0 Å². The van der Waals surface area contributed by atoms with Gasteiger partial charge in [-0.15, -0.1) is 0 Å². The Labute approximate surface area is 68.6 Å². The van der Waals surface area contributed by atoms with Crippen LogP contribution in [0.1, 0.15) is 12.6 Å². The van der Waals surface area contributed by atoms with E-state index in [9.17, 15) is 0 Å². The minimum atomic E-state index is 0.575. The van der Waals surface area contributed by atoms with E-state index >= 15 is 0 Å². The normalized spacial score (nSPS) is 9.80. The summed E-state index contributed by atoms with van der Waals surface area (Å²) in [6, 6.07) is 3.76. The zero-order valence-corrected chi connectivity index (χ0v) is 7.35. The maximum atomic E-state index is 5.49. The molecule has 2 N–H and O–H groups in total. The van der Waals surface area contributed by atoms with Crippen LogP contribution in [0.15, 0.2) is 16.6 Å². The molecule has 0 unspecified atom stereocenters. The van der Waals surface area contributed by atoms with Crippen LogP contribution < -0.4 is 5.73 Å². The summed E-state index contributed by atoms with van der Waals surface area (Å²) in [5, 5.41) is 0. The Morgan fingerprint density at radius 2 is 2.30 bits per heavy atom. The molecule has 0 aliphatic carbocycles. The lowest BCUT2D eigenvalue weighted by molar-refractivity contribution is 1.04. The Morgan fingerprint density at radius 1 is 1.60 bits per heavy atom. The summed E-state index contributed by atoms with van der Waals surface area (Å²) in [5.74, 6) is 0.575. The van der Waals surface area contributed by atoms with Crippen molar-refractivity contribution in [1.82, 2.24) is 4.98 Å². The lowest BCUT2D eigenvalue weighted by atomic mass is 10.3. The molecule has 0 fully saturated rings. The molecule has 0 saturated heterocycles. The minimum absolute atomic E-state index is 0.575. The van der Waals surface area contributed by atoms with Crippen molar-refractivity contribution in [3.63, 3.8) is 0 Å². The van der Waals surface area contributed by atoms with Crippen LogP contribution in [-0.4, -0.2) is 4.98 Å². The molecule has 0 aromatic carbocycles. The Bertz CT molecular complexity index is 215. The van der Waals surface area contributed by atoms with E-state index in [1.54, 1.807) is 6.07 Å². The monoisotopic (exact) mass is 200 g/mol. The first-order valence-electron chi connectivity index (χ1n) is 3.14. The van der Waals surface area contributed by atoms with Gasteiger partial charge < -0.3 is 5.73 Å². The summed E-state index contributed by atoms with van der Waals surface area (Å²) in [6.07, 6.45) is 0.920. The molecule has 0 radical (unpaired) electrons. The van der Waals surface area contributed by atoms with Crippen LogP contribution in [0.2, 0.25) is 0 Å². The quantitative estimate of drug-likeness (QED) is 0.754. The predicted octanol–water partition coefficient (Wildman–Crippen LogP) is 1.99. The molecule has 3 heteroatoms. The number of aryl methyl sites for hydroxylation is 1. The predicted molar refractivity (Wildman–Crippen MR) is 45.7 cm³/mol. The molecule has 10 heavy (non-hydrogen) atoms. The number of halogens is 1. The van der Waals surface area contributed by atoms with Gasteiger partial charge in [-0.2, -0.15) is 0 Å². The smallest absolute Gasteiger partial charge is 0.124 e. The molecule has 0 atom stereocenters. The molecule has 0 aliphatic heterocycles. The SMILES string of the molecule is CCc1cc(Br)cc(N)n1. The van der Waals surface area contributed by atoms with Gasteiger partial charge in [0.05, 0.1) is 0 Å². The highest BCUT2D eigenvalue weighted by Crippen LogP contribution is 2.13. The summed E-state index contributed by atoms with van der Waals surface area (Å²) in [7, 11) is 0. The summed E-state index contributed by atoms with van der Waals surface area (Å²) in [5.41, 5.74) is 6.51. The first kappa shape index (κ1) is 7.54. The van der Waals surface area contributed by atoms with Crippen molar-refractivity contribution in [2.45, 2.75) is 13.3 Å². The molecule has 2 nitrogen and oxygen atoms in total. The van der Waals surface area contributed by atoms with Crippen molar-refractivity contribution in [2.75, 3.05) is 5.73 Å². The first-order valence-corrected chi connectivity index (χ1v) is 3.93. The first-order chi connectivity index (χ1) is 4.72. The van der Waals surface area contributed by atoms with Crippen LogP contribution in [0.4, 0.5) is 5.82 Å². The number of anilines is 1. The van der Waals surface area contributed by atoms with Gasteiger partial charge in [-0.25, -0.2) is 4.98 Å². The number of nitrogens with two attached hydrogens (primary N) is 1. The molecule has 1 aromatic rings. The summed E-state index contributed by atoms with van der Waals surface area (Å²) in [6.45, 7) is 2.05. The Hall–Kier alpha value is -0.570. The highest BCUT2D eigenvalue weighted by molar-refractivity contribution is 9.10. The van der Waals surface area contributed by atoms with Gasteiger partial charge in [-0.3, -0.25) is 0 Å². The van der Waals surface area contributed by atoms with Crippen LogP contribution in [0.25, 0.3) is 0 Å². The molecule has 0 spiro atoms. The molecule has 1 heterocycles. The second-order valence-electron chi connectivity index (χ2n) is 2.06. The van der Waals surface area contributed by atoms with Gasteiger partial charge in [0, 0.05) is 10.2 Å². The van der Waals surface area contributed by atoms with E-state index in [0.29, 0.717) is 5.82 Å². The van der Waals surface area contributed by atoms with E-state index in [1.807, 2.05) is 13.0 Å². The number of pyridine rings is 1. The number of hydrogen-bond donors (Lipinski definition) is 1. The van der Waals surface area contributed by atoms with Crippen molar-refractivity contribution in [2.24, 2.45) is 0 Å². The lowest BCUT2D eigenvalue weighted by Crippen LogP contribution is -1.93. The van der Waals surface area contributed by atoms with Crippen LogP contribution in [0, 0.1) is 0 Å². The van der Waals surface area contributed by atoms with Gasteiger partial charge in [0.15, 0.2) is 0 Å². The zero-order chi connectivity index (χ0) is 7.56. The standard InChI is InChI=1S/C7H9BrN2/c1-2-6-3-5(8)4-7(9)10-6/h3-4H,2H2,1H3,(H2,9,10). The third-order valence-electron chi connectivity index (χ3n) is 1.23. The topological polar surface area (TPSA) is 38.9 Å². The van der Waals surface area contributed by atoms with Crippen molar-refractivity contribution in [3.8, 4) is 0 Å². The number of hydrogen-bond acceptors (Lipinski definition) is 2. The van der Waals surface area contributed by atoms with Crippen molar-refractivity contribution in [1.29, 1.82) is 0 Å². The van der Waals surface area contributed by atoms with E-state index in [0.717, 1.165) is 16.6 Å². The van der Waals surface area contributed by atoms with Crippen LogP contribution in [-0.2, 0) is 6.42 Å². The van der Waals surface area contributed by atoms with E-state index in [4.69, 9.17) is 5.73 Å². The van der Waals surface area contributed by atoms with Gasteiger partial charge >= 0.3 is 0 Å². The molecule has 1 rings (SSSR count). The van der Waals surface area contributed by atoms with Crippen LogP contribution in [0.5, 0.6) is 0 Å². The molecule has 1 aromatic heterocycles. The van der Waals surface area contributed by atoms with Gasteiger partial charge in [-0.1, -0.05) is 22.9 Å². The number of aromatic nitrogens is 1. The van der Waals surface area contributed by atoms with Crippen molar-refractivity contribution in [3.05, 3.63) is 22.3 Å². The lowest BCUT2D eigenvalue weighted by Gasteiger charge is -1.98. The van der Waals surface area contributed by atoms with Gasteiger partial charge in [0.2, 0.25) is 0 Å². The average molecular weight is 201 g/mol. The summed E-state index contributed by atoms with van der Waals surface area (Å²) in [4.78, 5) is 4.10. The Kier molecular flexibility index (Phi) is 2.27. The molecular formula is C7H9BrN2. The summed E-state index contributed by atoms with van der Waals surface area (Å²) < 4.78 is 0.997. The summed E-state index contributed by atoms with van der Waals surface area (Å²) >= 11 is 3.33.